The number of amides is 1. The Balaban J connectivity index is 2.02. The molecule has 1 amide bonds. The van der Waals surface area contributed by atoms with Gasteiger partial charge >= 0.3 is 0 Å². The molecule has 0 saturated heterocycles. The van der Waals surface area contributed by atoms with Crippen LogP contribution in [0.4, 0.5) is 5.82 Å². The standard InChI is InChI=1S/C16H16N2O2/c1-10-13-8-14(19)18(9-12-6-4-3-5-7-12)16(13)17-11(2)15(10)20/h3-7,20H,8-9H2,1-2H3. The first kappa shape index (κ1) is 12.7. The number of rotatable bonds is 2. The largest absolute Gasteiger partial charge is 0.506 e. The second-order valence-corrected chi connectivity index (χ2v) is 5.12. The average Bonchev–Trinajstić information content (AvgIpc) is 2.75. The summed E-state index contributed by atoms with van der Waals surface area (Å²) < 4.78 is 0. The minimum atomic E-state index is 0.0319. The van der Waals surface area contributed by atoms with Gasteiger partial charge in [0.15, 0.2) is 0 Å². The molecule has 0 bridgehead atoms. The van der Waals surface area contributed by atoms with Crippen molar-refractivity contribution in [3.05, 3.63) is 52.7 Å². The van der Waals surface area contributed by atoms with E-state index >= 15 is 0 Å². The summed E-state index contributed by atoms with van der Waals surface area (Å²) in [6, 6.07) is 9.85. The fraction of sp³-hybridized carbons (Fsp3) is 0.250. The summed E-state index contributed by atoms with van der Waals surface area (Å²) >= 11 is 0. The highest BCUT2D eigenvalue weighted by Gasteiger charge is 2.31. The molecule has 1 aliphatic rings. The molecule has 0 aliphatic carbocycles. The van der Waals surface area contributed by atoms with Gasteiger partial charge < -0.3 is 5.11 Å². The highest BCUT2D eigenvalue weighted by Crippen LogP contribution is 2.36. The SMILES string of the molecule is Cc1nc2c(c(C)c1O)CC(=O)N2Cc1ccccc1. The molecule has 2 heterocycles. The Bertz CT molecular complexity index is 681. The van der Waals surface area contributed by atoms with Crippen LogP contribution < -0.4 is 4.90 Å². The van der Waals surface area contributed by atoms with Crippen molar-refractivity contribution >= 4 is 11.7 Å². The second-order valence-electron chi connectivity index (χ2n) is 5.12. The maximum absolute atomic E-state index is 12.2. The molecular formula is C16H16N2O2. The molecule has 1 aliphatic heterocycles. The van der Waals surface area contributed by atoms with E-state index in [2.05, 4.69) is 4.98 Å². The number of aromatic nitrogens is 1. The molecule has 1 aromatic heterocycles. The van der Waals surface area contributed by atoms with Crippen molar-refractivity contribution in [3.63, 3.8) is 0 Å². The zero-order valence-corrected chi connectivity index (χ0v) is 11.6. The Morgan fingerprint density at radius 1 is 1.25 bits per heavy atom. The number of nitrogens with zero attached hydrogens (tertiary/aromatic N) is 2. The van der Waals surface area contributed by atoms with Crippen LogP contribution in [0.25, 0.3) is 0 Å². The maximum Gasteiger partial charge on any atom is 0.233 e. The van der Waals surface area contributed by atoms with Gasteiger partial charge in [0, 0.05) is 11.1 Å². The Kier molecular flexibility index (Phi) is 2.93. The molecule has 0 radical (unpaired) electrons. The molecule has 2 aromatic rings. The van der Waals surface area contributed by atoms with Gasteiger partial charge in [0.2, 0.25) is 5.91 Å². The topological polar surface area (TPSA) is 53.4 Å². The fourth-order valence-corrected chi connectivity index (χ4v) is 2.59. The van der Waals surface area contributed by atoms with E-state index in [1.807, 2.05) is 37.3 Å². The second kappa shape index (κ2) is 4.63. The summed E-state index contributed by atoms with van der Waals surface area (Å²) in [5.41, 5.74) is 3.23. The number of benzene rings is 1. The highest BCUT2D eigenvalue weighted by atomic mass is 16.3. The molecule has 3 rings (SSSR count). The number of hydrogen-bond acceptors (Lipinski definition) is 3. The quantitative estimate of drug-likeness (QED) is 0.910. The number of pyridine rings is 1. The third kappa shape index (κ3) is 1.93. The Labute approximate surface area is 117 Å². The van der Waals surface area contributed by atoms with E-state index in [9.17, 15) is 9.90 Å². The Hall–Kier alpha value is -2.36. The normalized spacial score (nSPS) is 13.7. The van der Waals surface area contributed by atoms with Crippen molar-refractivity contribution in [2.24, 2.45) is 0 Å². The monoisotopic (exact) mass is 268 g/mol. The van der Waals surface area contributed by atoms with Gasteiger partial charge in [-0.3, -0.25) is 9.69 Å². The van der Waals surface area contributed by atoms with E-state index < -0.39 is 0 Å². The maximum atomic E-state index is 12.2. The number of aromatic hydroxyl groups is 1. The zero-order valence-electron chi connectivity index (χ0n) is 11.6. The first-order chi connectivity index (χ1) is 9.58. The summed E-state index contributed by atoms with van der Waals surface area (Å²) in [6.45, 7) is 4.11. The third-order valence-electron chi connectivity index (χ3n) is 3.76. The van der Waals surface area contributed by atoms with Crippen LogP contribution >= 0.6 is 0 Å². The molecule has 0 unspecified atom stereocenters. The van der Waals surface area contributed by atoms with Crippen LogP contribution in [0.2, 0.25) is 0 Å². The van der Waals surface area contributed by atoms with Gasteiger partial charge in [-0.05, 0) is 19.4 Å². The molecule has 1 aromatic carbocycles. The first-order valence-electron chi connectivity index (χ1n) is 6.61. The van der Waals surface area contributed by atoms with Crippen molar-refractivity contribution in [2.45, 2.75) is 26.8 Å². The molecule has 1 N–H and O–H groups in total. The van der Waals surface area contributed by atoms with Crippen LogP contribution in [-0.2, 0) is 17.8 Å². The summed E-state index contributed by atoms with van der Waals surface area (Å²) in [5.74, 6) is 0.911. The van der Waals surface area contributed by atoms with Gasteiger partial charge in [-0.25, -0.2) is 4.98 Å². The predicted molar refractivity (Wildman–Crippen MR) is 76.7 cm³/mol. The van der Waals surface area contributed by atoms with Crippen molar-refractivity contribution in [1.29, 1.82) is 0 Å². The summed E-state index contributed by atoms with van der Waals surface area (Å²) in [7, 11) is 0. The first-order valence-corrected chi connectivity index (χ1v) is 6.61. The lowest BCUT2D eigenvalue weighted by Crippen LogP contribution is -2.26. The van der Waals surface area contributed by atoms with Crippen LogP contribution in [0, 0.1) is 13.8 Å². The molecule has 4 heteroatoms. The third-order valence-corrected chi connectivity index (χ3v) is 3.76. The van der Waals surface area contributed by atoms with Crippen molar-refractivity contribution in [3.8, 4) is 5.75 Å². The summed E-state index contributed by atoms with van der Waals surface area (Å²) in [6.07, 6.45) is 0.314. The number of aryl methyl sites for hydroxylation is 1. The molecule has 0 atom stereocenters. The molecule has 0 spiro atoms. The predicted octanol–water partition coefficient (Wildman–Crippen LogP) is 2.49. The Morgan fingerprint density at radius 3 is 2.65 bits per heavy atom. The van der Waals surface area contributed by atoms with Gasteiger partial charge in [-0.15, -0.1) is 0 Å². The van der Waals surface area contributed by atoms with Gasteiger partial charge in [0.05, 0.1) is 18.7 Å². The molecule has 0 saturated carbocycles. The lowest BCUT2D eigenvalue weighted by atomic mass is 10.1. The molecule has 0 fully saturated rings. The van der Waals surface area contributed by atoms with Gasteiger partial charge in [-0.1, -0.05) is 30.3 Å². The van der Waals surface area contributed by atoms with Crippen molar-refractivity contribution < 1.29 is 9.90 Å². The lowest BCUT2D eigenvalue weighted by molar-refractivity contribution is -0.117. The van der Waals surface area contributed by atoms with Crippen LogP contribution in [0.5, 0.6) is 5.75 Å². The number of hydrogen-bond donors (Lipinski definition) is 1. The fourth-order valence-electron chi connectivity index (χ4n) is 2.59. The van der Waals surface area contributed by atoms with E-state index in [-0.39, 0.29) is 11.7 Å². The van der Waals surface area contributed by atoms with Crippen molar-refractivity contribution in [2.75, 3.05) is 4.90 Å². The molecule has 102 valence electrons. The Morgan fingerprint density at radius 2 is 1.95 bits per heavy atom. The van der Waals surface area contributed by atoms with Crippen LogP contribution in [0.15, 0.2) is 30.3 Å². The van der Waals surface area contributed by atoms with Gasteiger partial charge in [-0.2, -0.15) is 0 Å². The van der Waals surface area contributed by atoms with Crippen LogP contribution in [-0.4, -0.2) is 16.0 Å². The summed E-state index contributed by atoms with van der Waals surface area (Å²) in [5, 5.41) is 9.94. The number of anilines is 1. The van der Waals surface area contributed by atoms with Crippen molar-refractivity contribution in [1.82, 2.24) is 4.98 Å². The van der Waals surface area contributed by atoms with E-state index in [4.69, 9.17) is 0 Å². The van der Waals surface area contributed by atoms with E-state index in [0.717, 1.165) is 16.7 Å². The number of fused-ring (bicyclic) bond motifs is 1. The van der Waals surface area contributed by atoms with E-state index in [1.54, 1.807) is 11.8 Å². The zero-order chi connectivity index (χ0) is 14.3. The number of carbonyl (C=O) groups excluding carboxylic acids is 1. The van der Waals surface area contributed by atoms with Gasteiger partial charge in [0.1, 0.15) is 11.6 Å². The summed E-state index contributed by atoms with van der Waals surface area (Å²) in [4.78, 5) is 18.3. The van der Waals surface area contributed by atoms with E-state index in [1.165, 1.54) is 0 Å². The minimum Gasteiger partial charge on any atom is -0.506 e. The highest BCUT2D eigenvalue weighted by molar-refractivity contribution is 6.00. The average molecular weight is 268 g/mol. The molecular weight excluding hydrogens is 252 g/mol. The van der Waals surface area contributed by atoms with Crippen LogP contribution in [0.3, 0.4) is 0 Å². The number of carbonyl (C=O) groups is 1. The van der Waals surface area contributed by atoms with Gasteiger partial charge in [0.25, 0.3) is 0 Å². The van der Waals surface area contributed by atoms with E-state index in [0.29, 0.717) is 24.5 Å². The lowest BCUT2D eigenvalue weighted by Gasteiger charge is -2.17. The molecule has 20 heavy (non-hydrogen) atoms. The smallest absolute Gasteiger partial charge is 0.233 e. The van der Waals surface area contributed by atoms with Crippen LogP contribution in [0.1, 0.15) is 22.4 Å². The molecule has 4 nitrogen and oxygen atoms in total. The minimum absolute atomic E-state index is 0.0319.